The Morgan fingerprint density at radius 2 is 1.62 bits per heavy atom. The lowest BCUT2D eigenvalue weighted by Gasteiger charge is -2.14. The van der Waals surface area contributed by atoms with Crippen molar-refractivity contribution < 1.29 is 23.9 Å². The van der Waals surface area contributed by atoms with Crippen molar-refractivity contribution in [2.45, 2.75) is 25.8 Å². The molecular weight excluding hydrogens is 372 g/mol. The Morgan fingerprint density at radius 1 is 0.931 bits per heavy atom. The highest BCUT2D eigenvalue weighted by atomic mass is 16.5. The molecule has 154 valence electrons. The third-order valence-corrected chi connectivity index (χ3v) is 4.36. The van der Waals surface area contributed by atoms with E-state index in [0.29, 0.717) is 24.5 Å². The second-order valence-electron chi connectivity index (χ2n) is 6.51. The number of benzene rings is 2. The fourth-order valence-electron chi connectivity index (χ4n) is 2.72. The first-order valence-corrected chi connectivity index (χ1v) is 9.30. The summed E-state index contributed by atoms with van der Waals surface area (Å²) in [6.45, 7) is 1.92. The van der Waals surface area contributed by atoms with Gasteiger partial charge in [0.15, 0.2) is 11.5 Å². The van der Waals surface area contributed by atoms with Crippen molar-refractivity contribution in [2.24, 2.45) is 0 Å². The van der Waals surface area contributed by atoms with Gasteiger partial charge in [0.2, 0.25) is 11.7 Å². The summed E-state index contributed by atoms with van der Waals surface area (Å²) >= 11 is 0. The van der Waals surface area contributed by atoms with Crippen LogP contribution in [-0.4, -0.2) is 44.4 Å². The summed E-state index contributed by atoms with van der Waals surface area (Å²) < 4.78 is 10.5. The van der Waals surface area contributed by atoms with Crippen molar-refractivity contribution in [1.29, 1.82) is 0 Å². The van der Waals surface area contributed by atoms with Crippen molar-refractivity contribution in [3.63, 3.8) is 0 Å². The highest BCUT2D eigenvalue weighted by Gasteiger charge is 2.20. The third-order valence-electron chi connectivity index (χ3n) is 4.36. The quantitative estimate of drug-likeness (QED) is 0.594. The fourth-order valence-corrected chi connectivity index (χ4v) is 2.72. The first-order chi connectivity index (χ1) is 13.9. The number of methoxy groups -OCH3 is 2. The average molecular weight is 398 g/mol. The van der Waals surface area contributed by atoms with E-state index >= 15 is 0 Å². The van der Waals surface area contributed by atoms with Gasteiger partial charge in [-0.05, 0) is 36.6 Å². The molecule has 29 heavy (non-hydrogen) atoms. The van der Waals surface area contributed by atoms with Crippen LogP contribution in [0.4, 0.5) is 0 Å². The van der Waals surface area contributed by atoms with Crippen LogP contribution in [0, 0.1) is 0 Å². The Labute approximate surface area is 170 Å². The van der Waals surface area contributed by atoms with E-state index in [1.54, 1.807) is 51.5 Å². The minimum Gasteiger partial charge on any atom is -0.493 e. The molecule has 0 unspecified atom stereocenters. The lowest BCUT2D eigenvalue weighted by atomic mass is 10.1. The van der Waals surface area contributed by atoms with Crippen LogP contribution in [-0.2, 0) is 27.2 Å². The lowest BCUT2D eigenvalue weighted by Crippen LogP contribution is -2.47. The summed E-state index contributed by atoms with van der Waals surface area (Å²) in [5.74, 6) is -0.449. The van der Waals surface area contributed by atoms with Gasteiger partial charge in [-0.25, -0.2) is 0 Å². The van der Waals surface area contributed by atoms with Gasteiger partial charge in [0.1, 0.15) is 6.04 Å². The van der Waals surface area contributed by atoms with E-state index in [-0.39, 0.29) is 12.3 Å². The van der Waals surface area contributed by atoms with Gasteiger partial charge < -0.3 is 20.1 Å². The highest BCUT2D eigenvalue weighted by Crippen LogP contribution is 2.27. The number of rotatable bonds is 10. The lowest BCUT2D eigenvalue weighted by molar-refractivity contribution is -0.139. The number of Topliss-reactive ketones (excluding diaryl/α,β-unsaturated/α-hetero) is 1. The molecule has 0 aliphatic carbocycles. The Kier molecular flexibility index (Phi) is 8.21. The van der Waals surface area contributed by atoms with Gasteiger partial charge >= 0.3 is 0 Å². The van der Waals surface area contributed by atoms with Crippen molar-refractivity contribution in [2.75, 3.05) is 20.8 Å². The average Bonchev–Trinajstić information content (AvgIpc) is 2.74. The number of ether oxygens (including phenoxy) is 2. The largest absolute Gasteiger partial charge is 0.493 e. The molecule has 0 bridgehead atoms. The van der Waals surface area contributed by atoms with E-state index in [1.807, 2.05) is 18.2 Å². The number of hydrogen-bond acceptors (Lipinski definition) is 5. The Balaban J connectivity index is 1.78. The molecule has 0 aliphatic heterocycles. The summed E-state index contributed by atoms with van der Waals surface area (Å²) in [7, 11) is 3.13. The number of amides is 2. The summed E-state index contributed by atoms with van der Waals surface area (Å²) in [4.78, 5) is 36.2. The molecule has 0 aliphatic rings. The second kappa shape index (κ2) is 10.8. The normalized spacial score (nSPS) is 11.3. The summed E-state index contributed by atoms with van der Waals surface area (Å²) in [5.41, 5.74) is 1.72. The molecule has 2 aromatic carbocycles. The smallest absolute Gasteiger partial charge is 0.288 e. The molecule has 2 aromatic rings. The minimum absolute atomic E-state index is 0.000312. The van der Waals surface area contributed by atoms with Crippen LogP contribution in [0.2, 0.25) is 0 Å². The predicted molar refractivity (Wildman–Crippen MR) is 109 cm³/mol. The number of ketones is 1. The second-order valence-corrected chi connectivity index (χ2v) is 6.51. The maximum atomic E-state index is 12.2. The number of hydrogen-bond donors (Lipinski definition) is 2. The highest BCUT2D eigenvalue weighted by molar-refractivity contribution is 6.37. The molecule has 7 nitrogen and oxygen atoms in total. The zero-order valence-electron chi connectivity index (χ0n) is 16.9. The first kappa shape index (κ1) is 21.9. The number of carbonyl (C=O) groups is 3. The maximum absolute atomic E-state index is 12.2. The molecule has 2 N–H and O–H groups in total. The SMILES string of the molecule is COc1ccc(CCNC(=O)[C@H](C)NC(=O)C(=O)Cc2ccccc2)cc1OC. The number of carbonyl (C=O) groups excluding carboxylic acids is 3. The number of nitrogens with one attached hydrogen (secondary N) is 2. The topological polar surface area (TPSA) is 93.7 Å². The van der Waals surface area contributed by atoms with Crippen LogP contribution >= 0.6 is 0 Å². The molecule has 0 fully saturated rings. The van der Waals surface area contributed by atoms with Crippen LogP contribution in [0.25, 0.3) is 0 Å². The standard InChI is InChI=1S/C22H26N2O5/c1-15(24-22(27)18(25)13-16-7-5-4-6-8-16)21(26)23-12-11-17-9-10-19(28-2)20(14-17)29-3/h4-10,14-15H,11-13H2,1-3H3,(H,23,26)(H,24,27)/t15-/m0/s1. The van der Waals surface area contributed by atoms with E-state index in [4.69, 9.17) is 9.47 Å². The molecule has 0 spiro atoms. The van der Waals surface area contributed by atoms with Crippen molar-refractivity contribution in [3.05, 3.63) is 59.7 Å². The predicted octanol–water partition coefficient (Wildman–Crippen LogP) is 1.68. The Morgan fingerprint density at radius 3 is 2.28 bits per heavy atom. The molecule has 0 saturated carbocycles. The van der Waals surface area contributed by atoms with E-state index < -0.39 is 17.7 Å². The van der Waals surface area contributed by atoms with Gasteiger partial charge in [-0.15, -0.1) is 0 Å². The first-order valence-electron chi connectivity index (χ1n) is 9.30. The van der Waals surface area contributed by atoms with Crippen LogP contribution in [0.5, 0.6) is 11.5 Å². The van der Waals surface area contributed by atoms with Crippen molar-refractivity contribution in [3.8, 4) is 11.5 Å². The molecule has 0 aromatic heterocycles. The molecule has 0 heterocycles. The zero-order chi connectivity index (χ0) is 21.2. The van der Waals surface area contributed by atoms with Crippen LogP contribution in [0.15, 0.2) is 48.5 Å². The van der Waals surface area contributed by atoms with Gasteiger partial charge in [-0.2, -0.15) is 0 Å². The van der Waals surface area contributed by atoms with E-state index in [0.717, 1.165) is 11.1 Å². The summed E-state index contributed by atoms with van der Waals surface area (Å²) in [6, 6.07) is 13.7. The molecule has 0 saturated heterocycles. The van der Waals surface area contributed by atoms with Gasteiger partial charge in [-0.1, -0.05) is 36.4 Å². The van der Waals surface area contributed by atoms with Crippen LogP contribution in [0.3, 0.4) is 0 Å². The van der Waals surface area contributed by atoms with Gasteiger partial charge in [0, 0.05) is 13.0 Å². The van der Waals surface area contributed by atoms with E-state index in [1.165, 1.54) is 0 Å². The molecule has 1 atom stereocenters. The molecular formula is C22H26N2O5. The Bertz CT molecular complexity index is 852. The molecule has 2 rings (SSSR count). The molecule has 7 heteroatoms. The minimum atomic E-state index is -0.812. The van der Waals surface area contributed by atoms with Gasteiger partial charge in [0.25, 0.3) is 5.91 Å². The maximum Gasteiger partial charge on any atom is 0.288 e. The monoisotopic (exact) mass is 398 g/mol. The van der Waals surface area contributed by atoms with Crippen LogP contribution < -0.4 is 20.1 Å². The van der Waals surface area contributed by atoms with E-state index in [9.17, 15) is 14.4 Å². The van der Waals surface area contributed by atoms with Crippen molar-refractivity contribution >= 4 is 17.6 Å². The van der Waals surface area contributed by atoms with Gasteiger partial charge in [-0.3, -0.25) is 14.4 Å². The molecule has 0 radical (unpaired) electrons. The summed E-state index contributed by atoms with van der Waals surface area (Å²) in [5, 5.41) is 5.20. The third kappa shape index (κ3) is 6.64. The van der Waals surface area contributed by atoms with Crippen molar-refractivity contribution in [1.82, 2.24) is 10.6 Å². The Hall–Kier alpha value is -3.35. The van der Waals surface area contributed by atoms with E-state index in [2.05, 4.69) is 10.6 Å². The molecule has 2 amide bonds. The van der Waals surface area contributed by atoms with Gasteiger partial charge in [0.05, 0.1) is 14.2 Å². The summed E-state index contributed by atoms with van der Waals surface area (Å²) in [6.07, 6.45) is 0.583. The fraction of sp³-hybridized carbons (Fsp3) is 0.318. The zero-order valence-corrected chi connectivity index (χ0v) is 16.9. The van der Waals surface area contributed by atoms with Crippen LogP contribution in [0.1, 0.15) is 18.1 Å².